The summed E-state index contributed by atoms with van der Waals surface area (Å²) in [6.07, 6.45) is 6.27. The second-order valence-corrected chi connectivity index (χ2v) is 9.61. The lowest BCUT2D eigenvalue weighted by atomic mass is 10.1. The quantitative estimate of drug-likeness (QED) is 0.340. The fraction of sp³-hybridized carbons (Fsp3) is 0.0800. The molecule has 2 aromatic carbocycles. The van der Waals surface area contributed by atoms with Crippen molar-refractivity contribution in [1.82, 2.24) is 18.8 Å². The molecule has 0 radical (unpaired) electrons. The van der Waals surface area contributed by atoms with Crippen molar-refractivity contribution in [3.8, 4) is 22.5 Å². The van der Waals surface area contributed by atoms with E-state index in [-0.39, 0.29) is 12.3 Å². The van der Waals surface area contributed by atoms with Crippen molar-refractivity contribution in [3.63, 3.8) is 0 Å². The first-order valence-electron chi connectivity index (χ1n) is 10.5. The zero-order chi connectivity index (χ0) is 22.4. The van der Waals surface area contributed by atoms with Gasteiger partial charge in [-0.3, -0.25) is 13.6 Å². The molecule has 0 saturated heterocycles. The number of nitrogens with zero attached hydrogens (tertiary/aromatic N) is 4. The van der Waals surface area contributed by atoms with Crippen LogP contribution in [0.4, 0.5) is 5.69 Å². The van der Waals surface area contributed by atoms with E-state index in [0.717, 1.165) is 43.8 Å². The number of imidazole rings is 2. The smallest absolute Gasteiger partial charge is 0.230 e. The van der Waals surface area contributed by atoms with Crippen molar-refractivity contribution in [2.24, 2.45) is 0 Å². The number of aryl methyl sites for hydroxylation is 1. The molecular weight excluding hydrogens is 450 g/mol. The van der Waals surface area contributed by atoms with Gasteiger partial charge in [0.25, 0.3) is 0 Å². The second-order valence-electron chi connectivity index (χ2n) is 7.90. The van der Waals surface area contributed by atoms with Crippen LogP contribution in [0, 0.1) is 6.92 Å². The Balaban J connectivity index is 1.20. The van der Waals surface area contributed by atoms with E-state index in [1.54, 1.807) is 22.7 Å². The van der Waals surface area contributed by atoms with Gasteiger partial charge in [0.1, 0.15) is 0 Å². The lowest BCUT2D eigenvalue weighted by Crippen LogP contribution is -2.15. The van der Waals surface area contributed by atoms with Gasteiger partial charge >= 0.3 is 0 Å². The normalized spacial score (nSPS) is 11.4. The number of thiazole rings is 2. The highest BCUT2D eigenvalue weighted by atomic mass is 32.1. The molecular formula is C25H19N5OS2. The number of benzene rings is 2. The van der Waals surface area contributed by atoms with Crippen molar-refractivity contribution in [2.45, 2.75) is 13.3 Å². The molecule has 4 aromatic heterocycles. The van der Waals surface area contributed by atoms with E-state index in [1.807, 2.05) is 62.4 Å². The third kappa shape index (κ3) is 3.83. The molecule has 6 nitrogen and oxygen atoms in total. The van der Waals surface area contributed by atoms with Crippen LogP contribution in [0.2, 0.25) is 0 Å². The molecule has 1 N–H and O–H groups in total. The fourth-order valence-corrected chi connectivity index (χ4v) is 5.39. The number of anilines is 1. The van der Waals surface area contributed by atoms with E-state index in [2.05, 4.69) is 41.5 Å². The molecule has 6 aromatic rings. The second kappa shape index (κ2) is 7.99. The van der Waals surface area contributed by atoms with Gasteiger partial charge in [-0.05, 0) is 19.1 Å². The Labute approximate surface area is 197 Å². The van der Waals surface area contributed by atoms with E-state index in [4.69, 9.17) is 4.98 Å². The number of hydrogen-bond donors (Lipinski definition) is 1. The Bertz CT molecular complexity index is 1570. The number of amides is 1. The lowest BCUT2D eigenvalue weighted by Gasteiger charge is -2.06. The molecule has 0 fully saturated rings. The van der Waals surface area contributed by atoms with Gasteiger partial charge in [0.05, 0.1) is 17.8 Å². The largest absolute Gasteiger partial charge is 0.326 e. The molecule has 1 amide bonds. The van der Waals surface area contributed by atoms with Gasteiger partial charge in [-0.15, -0.1) is 22.7 Å². The summed E-state index contributed by atoms with van der Waals surface area (Å²) in [6, 6.07) is 16.1. The number of nitrogens with one attached hydrogen (secondary N) is 1. The maximum Gasteiger partial charge on any atom is 0.230 e. The van der Waals surface area contributed by atoms with Crippen LogP contribution in [-0.4, -0.2) is 24.7 Å². The number of hydrogen-bond acceptors (Lipinski definition) is 5. The third-order valence-electron chi connectivity index (χ3n) is 5.51. The first-order chi connectivity index (χ1) is 16.1. The molecule has 0 aliphatic carbocycles. The number of rotatable bonds is 5. The van der Waals surface area contributed by atoms with Gasteiger partial charge in [-0.1, -0.05) is 42.0 Å². The van der Waals surface area contributed by atoms with Crippen molar-refractivity contribution >= 4 is 44.2 Å². The predicted molar refractivity (Wildman–Crippen MR) is 134 cm³/mol. The molecule has 162 valence electrons. The van der Waals surface area contributed by atoms with Gasteiger partial charge in [0.2, 0.25) is 5.91 Å². The monoisotopic (exact) mass is 469 g/mol. The summed E-state index contributed by atoms with van der Waals surface area (Å²) in [6.45, 7) is 2.07. The summed E-state index contributed by atoms with van der Waals surface area (Å²) in [7, 11) is 0. The Kier molecular flexibility index (Phi) is 4.82. The fourth-order valence-electron chi connectivity index (χ4n) is 3.81. The van der Waals surface area contributed by atoms with Crippen molar-refractivity contribution in [2.75, 3.05) is 5.32 Å². The van der Waals surface area contributed by atoms with E-state index >= 15 is 0 Å². The zero-order valence-electron chi connectivity index (χ0n) is 17.7. The SMILES string of the molecule is Cc1ccc(-c2cn3c(CC(=O)Nc4cccc(-c5cn6ccsc6n5)c4)csc3n2)cc1. The van der Waals surface area contributed by atoms with Crippen molar-refractivity contribution < 1.29 is 4.79 Å². The molecule has 0 aliphatic heterocycles. The van der Waals surface area contributed by atoms with E-state index in [0.29, 0.717) is 0 Å². The average molecular weight is 470 g/mol. The Morgan fingerprint density at radius 1 is 0.970 bits per heavy atom. The standard InChI is InChI=1S/C25H19N5OS2/c1-16-5-7-17(8-6-16)22-14-30-20(15-33-25(30)28-22)12-23(31)26-19-4-2-3-18(11-19)21-13-29-9-10-32-24(29)27-21/h2-11,13-15H,12H2,1H3,(H,26,31). The van der Waals surface area contributed by atoms with E-state index in [1.165, 1.54) is 5.56 Å². The van der Waals surface area contributed by atoms with Crippen molar-refractivity contribution in [3.05, 3.63) is 89.1 Å². The lowest BCUT2D eigenvalue weighted by molar-refractivity contribution is -0.115. The minimum Gasteiger partial charge on any atom is -0.326 e. The topological polar surface area (TPSA) is 63.7 Å². The molecule has 33 heavy (non-hydrogen) atoms. The molecule has 0 atom stereocenters. The van der Waals surface area contributed by atoms with E-state index < -0.39 is 0 Å². The van der Waals surface area contributed by atoms with Crippen LogP contribution in [0.1, 0.15) is 11.3 Å². The number of aromatic nitrogens is 4. The van der Waals surface area contributed by atoms with Gasteiger partial charge < -0.3 is 5.32 Å². The van der Waals surface area contributed by atoms with Crippen LogP contribution >= 0.6 is 22.7 Å². The molecule has 4 heterocycles. The van der Waals surface area contributed by atoms with Gasteiger partial charge in [0, 0.05) is 51.9 Å². The first kappa shape index (κ1) is 19.9. The van der Waals surface area contributed by atoms with E-state index in [9.17, 15) is 4.79 Å². The summed E-state index contributed by atoms with van der Waals surface area (Å²) in [4.78, 5) is 24.0. The molecule has 0 bridgehead atoms. The zero-order valence-corrected chi connectivity index (χ0v) is 19.4. The minimum atomic E-state index is -0.0664. The maximum absolute atomic E-state index is 12.8. The van der Waals surface area contributed by atoms with Crippen LogP contribution in [-0.2, 0) is 11.2 Å². The maximum atomic E-state index is 12.8. The summed E-state index contributed by atoms with van der Waals surface area (Å²) < 4.78 is 4.01. The average Bonchev–Trinajstić information content (AvgIpc) is 3.56. The Morgan fingerprint density at radius 3 is 2.64 bits per heavy atom. The molecule has 0 saturated carbocycles. The van der Waals surface area contributed by atoms with Crippen molar-refractivity contribution in [1.29, 1.82) is 0 Å². The number of carbonyl (C=O) groups excluding carboxylic acids is 1. The van der Waals surface area contributed by atoms with Crippen LogP contribution in [0.25, 0.3) is 32.4 Å². The highest BCUT2D eigenvalue weighted by Gasteiger charge is 2.13. The van der Waals surface area contributed by atoms with Crippen LogP contribution < -0.4 is 5.32 Å². The summed E-state index contributed by atoms with van der Waals surface area (Å²) in [5, 5.41) is 7.03. The Hall–Kier alpha value is -3.75. The third-order valence-corrected chi connectivity index (χ3v) is 7.17. The minimum absolute atomic E-state index is 0.0664. The van der Waals surface area contributed by atoms with Crippen LogP contribution in [0.5, 0.6) is 0 Å². The van der Waals surface area contributed by atoms with Gasteiger partial charge in [-0.2, -0.15) is 0 Å². The number of fused-ring (bicyclic) bond motifs is 2. The molecule has 0 unspecified atom stereocenters. The van der Waals surface area contributed by atoms with Crippen LogP contribution in [0.3, 0.4) is 0 Å². The highest BCUT2D eigenvalue weighted by molar-refractivity contribution is 7.15. The van der Waals surface area contributed by atoms with Gasteiger partial charge in [0.15, 0.2) is 9.92 Å². The molecule has 0 aliphatic rings. The van der Waals surface area contributed by atoms with Gasteiger partial charge in [-0.25, -0.2) is 9.97 Å². The summed E-state index contributed by atoms with van der Waals surface area (Å²) in [5.74, 6) is -0.0664. The summed E-state index contributed by atoms with van der Waals surface area (Å²) in [5.41, 5.74) is 6.74. The first-order valence-corrected chi connectivity index (χ1v) is 12.2. The number of carbonyl (C=O) groups is 1. The molecule has 8 heteroatoms. The highest BCUT2D eigenvalue weighted by Crippen LogP contribution is 2.26. The predicted octanol–water partition coefficient (Wildman–Crippen LogP) is 5.93. The van der Waals surface area contributed by atoms with Crippen LogP contribution in [0.15, 0.2) is 77.9 Å². The molecule has 6 rings (SSSR count). The Morgan fingerprint density at radius 2 is 1.79 bits per heavy atom. The molecule has 0 spiro atoms. The summed E-state index contributed by atoms with van der Waals surface area (Å²) >= 11 is 3.14.